The first-order chi connectivity index (χ1) is 19.2. The van der Waals surface area contributed by atoms with Gasteiger partial charge in [-0.15, -0.1) is 0 Å². The Morgan fingerprint density at radius 3 is 2.20 bits per heavy atom. The molecule has 0 aliphatic rings. The van der Waals surface area contributed by atoms with Gasteiger partial charge >= 0.3 is 6.18 Å². The van der Waals surface area contributed by atoms with Crippen LogP contribution in [0.1, 0.15) is 37.4 Å². The van der Waals surface area contributed by atoms with Gasteiger partial charge in [0.1, 0.15) is 5.82 Å². The molecule has 0 spiro atoms. The number of fused-ring (bicyclic) bond motifs is 1. The second-order valence-electron chi connectivity index (χ2n) is 9.26. The molecule has 1 heterocycles. The van der Waals surface area contributed by atoms with Crippen LogP contribution in [-0.2, 0) is 12.7 Å². The lowest BCUT2D eigenvalue weighted by Gasteiger charge is -2.15. The van der Waals surface area contributed by atoms with Gasteiger partial charge in [0.05, 0.1) is 16.6 Å². The number of aryl methyl sites for hydroxylation is 1. The number of nitrogens with one attached hydrogen (secondary N) is 2. The third-order valence-corrected chi connectivity index (χ3v) is 6.60. The van der Waals surface area contributed by atoms with Gasteiger partial charge in [-0.2, -0.15) is 13.2 Å². The van der Waals surface area contributed by atoms with Crippen LogP contribution in [0.5, 0.6) is 0 Å². The molecule has 8 heteroatoms. The second kappa shape index (κ2) is 11.0. The number of alkyl halides is 3. The van der Waals surface area contributed by atoms with Crippen LogP contribution in [0.15, 0.2) is 103 Å². The van der Waals surface area contributed by atoms with Crippen molar-refractivity contribution in [1.82, 2.24) is 10.3 Å². The van der Waals surface area contributed by atoms with Gasteiger partial charge in [-0.1, -0.05) is 72.8 Å². The largest absolute Gasteiger partial charge is 0.416 e. The van der Waals surface area contributed by atoms with Crippen LogP contribution in [0.3, 0.4) is 0 Å². The molecule has 0 aliphatic heterocycles. The quantitative estimate of drug-likeness (QED) is 0.236. The number of carbonyl (C=O) groups is 2. The van der Waals surface area contributed by atoms with Crippen molar-refractivity contribution in [3.63, 3.8) is 0 Å². The average Bonchev–Trinajstić information content (AvgIpc) is 2.96. The number of benzene rings is 4. The van der Waals surface area contributed by atoms with Crippen LogP contribution in [-0.4, -0.2) is 16.8 Å². The molecule has 0 radical (unpaired) electrons. The van der Waals surface area contributed by atoms with Crippen molar-refractivity contribution in [2.24, 2.45) is 0 Å². The first kappa shape index (κ1) is 26.6. The molecule has 0 unspecified atom stereocenters. The summed E-state index contributed by atoms with van der Waals surface area (Å²) in [5, 5.41) is 6.40. The van der Waals surface area contributed by atoms with Crippen LogP contribution < -0.4 is 10.6 Å². The zero-order valence-electron chi connectivity index (χ0n) is 21.4. The van der Waals surface area contributed by atoms with Crippen molar-refractivity contribution in [3.8, 4) is 11.1 Å². The fourth-order valence-corrected chi connectivity index (χ4v) is 4.41. The van der Waals surface area contributed by atoms with Crippen LogP contribution in [0.2, 0.25) is 0 Å². The summed E-state index contributed by atoms with van der Waals surface area (Å²) in [6.07, 6.45) is -4.46. The zero-order chi connectivity index (χ0) is 28.3. The lowest BCUT2D eigenvalue weighted by Crippen LogP contribution is -2.26. The summed E-state index contributed by atoms with van der Waals surface area (Å²) in [5.41, 5.74) is 3.11. The number of nitrogens with zero attached hydrogens (tertiary/aromatic N) is 1. The van der Waals surface area contributed by atoms with Crippen molar-refractivity contribution in [2.75, 3.05) is 5.32 Å². The average molecular weight is 540 g/mol. The van der Waals surface area contributed by atoms with Gasteiger partial charge in [0.2, 0.25) is 0 Å². The summed E-state index contributed by atoms with van der Waals surface area (Å²) in [4.78, 5) is 31.4. The zero-order valence-corrected chi connectivity index (χ0v) is 21.4. The predicted molar refractivity (Wildman–Crippen MR) is 149 cm³/mol. The van der Waals surface area contributed by atoms with E-state index in [1.165, 1.54) is 12.1 Å². The molecule has 5 nitrogen and oxygen atoms in total. The fourth-order valence-electron chi connectivity index (χ4n) is 4.41. The topological polar surface area (TPSA) is 71.1 Å². The lowest BCUT2D eigenvalue weighted by atomic mass is 9.98. The molecular formula is C32H24F3N3O2. The molecule has 0 saturated heterocycles. The van der Waals surface area contributed by atoms with Crippen molar-refractivity contribution in [3.05, 3.63) is 131 Å². The number of pyridine rings is 1. The smallest absolute Gasteiger partial charge is 0.348 e. The number of carbonyl (C=O) groups excluding carboxylic acids is 2. The first-order valence-corrected chi connectivity index (χ1v) is 12.5. The Morgan fingerprint density at radius 2 is 1.45 bits per heavy atom. The monoisotopic (exact) mass is 539 g/mol. The number of para-hydroxylation sites is 1. The molecular weight excluding hydrogens is 515 g/mol. The summed E-state index contributed by atoms with van der Waals surface area (Å²) >= 11 is 0. The number of anilines is 1. The van der Waals surface area contributed by atoms with Gasteiger partial charge in [-0.25, -0.2) is 4.98 Å². The maximum atomic E-state index is 13.5. The van der Waals surface area contributed by atoms with E-state index in [0.717, 1.165) is 28.6 Å². The Balaban J connectivity index is 1.46. The molecule has 0 atom stereocenters. The van der Waals surface area contributed by atoms with Gasteiger partial charge in [0.25, 0.3) is 11.8 Å². The molecule has 4 aromatic carbocycles. The summed E-state index contributed by atoms with van der Waals surface area (Å²) < 4.78 is 39.2. The molecule has 5 aromatic rings. The van der Waals surface area contributed by atoms with E-state index in [4.69, 9.17) is 0 Å². The predicted octanol–water partition coefficient (Wildman–Crippen LogP) is 7.41. The molecule has 0 aliphatic carbocycles. The number of hydrogen-bond donors (Lipinski definition) is 2. The van der Waals surface area contributed by atoms with Gasteiger partial charge in [0, 0.05) is 17.5 Å². The van der Waals surface area contributed by atoms with Crippen molar-refractivity contribution >= 4 is 28.5 Å². The Bertz CT molecular complexity index is 1710. The highest BCUT2D eigenvalue weighted by molar-refractivity contribution is 6.12. The van der Waals surface area contributed by atoms with E-state index >= 15 is 0 Å². The van der Waals surface area contributed by atoms with E-state index in [1.54, 1.807) is 42.5 Å². The van der Waals surface area contributed by atoms with E-state index in [2.05, 4.69) is 15.6 Å². The highest BCUT2D eigenvalue weighted by Gasteiger charge is 2.30. The van der Waals surface area contributed by atoms with Gasteiger partial charge in [-0.3, -0.25) is 9.59 Å². The van der Waals surface area contributed by atoms with E-state index < -0.39 is 23.6 Å². The Labute approximate surface area is 228 Å². The van der Waals surface area contributed by atoms with Gasteiger partial charge in [-0.05, 0) is 59.5 Å². The summed E-state index contributed by atoms with van der Waals surface area (Å²) in [6, 6.07) is 27.8. The maximum absolute atomic E-state index is 13.5. The molecule has 0 bridgehead atoms. The summed E-state index contributed by atoms with van der Waals surface area (Å²) in [7, 11) is 0. The Hall–Kier alpha value is -4.98. The molecule has 0 fully saturated rings. The minimum atomic E-state index is -4.46. The van der Waals surface area contributed by atoms with Crippen LogP contribution in [0.25, 0.3) is 22.0 Å². The highest BCUT2D eigenvalue weighted by Crippen LogP contribution is 2.32. The Kier molecular flexibility index (Phi) is 7.33. The molecule has 40 heavy (non-hydrogen) atoms. The maximum Gasteiger partial charge on any atom is 0.416 e. The van der Waals surface area contributed by atoms with Gasteiger partial charge in [0.15, 0.2) is 0 Å². The van der Waals surface area contributed by atoms with Crippen LogP contribution in [0.4, 0.5) is 19.0 Å². The minimum Gasteiger partial charge on any atom is -0.348 e. The second-order valence-corrected chi connectivity index (χ2v) is 9.26. The third-order valence-electron chi connectivity index (χ3n) is 6.60. The summed E-state index contributed by atoms with van der Waals surface area (Å²) in [6.45, 7) is 2.25. The number of rotatable bonds is 6. The van der Waals surface area contributed by atoms with Crippen molar-refractivity contribution in [2.45, 2.75) is 19.6 Å². The normalized spacial score (nSPS) is 11.3. The standard InChI is InChI=1S/C32H24F3N3O2/c1-20-8-2-3-10-23(20)19-36-30(39)27-18-22-9-4-7-13-28(22)37-29(27)38-31(40)26-12-6-5-11-25(26)21-14-16-24(17-15-21)32(33,34)35/h2-18H,19H2,1H3,(H,36,39)(H,37,38,40). The van der Waals surface area contributed by atoms with E-state index in [0.29, 0.717) is 23.2 Å². The van der Waals surface area contributed by atoms with E-state index in [9.17, 15) is 22.8 Å². The van der Waals surface area contributed by atoms with Crippen molar-refractivity contribution in [1.29, 1.82) is 0 Å². The molecule has 200 valence electrons. The first-order valence-electron chi connectivity index (χ1n) is 12.5. The fraction of sp³-hybridized carbons (Fsp3) is 0.0938. The molecule has 2 N–H and O–H groups in total. The number of amides is 2. The van der Waals surface area contributed by atoms with E-state index in [1.807, 2.05) is 43.3 Å². The number of aromatic nitrogens is 1. The van der Waals surface area contributed by atoms with E-state index in [-0.39, 0.29) is 16.9 Å². The highest BCUT2D eigenvalue weighted by atomic mass is 19.4. The number of halogens is 3. The molecule has 1 aromatic heterocycles. The summed E-state index contributed by atoms with van der Waals surface area (Å²) in [5.74, 6) is -0.882. The third kappa shape index (κ3) is 5.71. The van der Waals surface area contributed by atoms with Crippen LogP contribution >= 0.6 is 0 Å². The van der Waals surface area contributed by atoms with Gasteiger partial charge < -0.3 is 10.6 Å². The Morgan fingerprint density at radius 1 is 0.775 bits per heavy atom. The minimum absolute atomic E-state index is 0.0770. The SMILES string of the molecule is Cc1ccccc1CNC(=O)c1cc2ccccc2nc1NC(=O)c1ccccc1-c1ccc(C(F)(F)F)cc1. The van der Waals surface area contributed by atoms with Crippen molar-refractivity contribution < 1.29 is 22.8 Å². The molecule has 5 rings (SSSR count). The van der Waals surface area contributed by atoms with Crippen LogP contribution in [0, 0.1) is 6.92 Å². The number of hydrogen-bond acceptors (Lipinski definition) is 3. The lowest BCUT2D eigenvalue weighted by molar-refractivity contribution is -0.137. The molecule has 0 saturated carbocycles. The molecule has 2 amide bonds.